The molecule has 0 aliphatic heterocycles. The van der Waals surface area contributed by atoms with Crippen LogP contribution in [0.25, 0.3) is 6.08 Å². The fourth-order valence-electron chi connectivity index (χ4n) is 3.32. The van der Waals surface area contributed by atoms with Gasteiger partial charge in [-0.05, 0) is 71.9 Å². The van der Waals surface area contributed by atoms with E-state index < -0.39 is 0 Å². The van der Waals surface area contributed by atoms with Gasteiger partial charge < -0.3 is 14.9 Å². The molecule has 2 N–H and O–H groups in total. The van der Waals surface area contributed by atoms with Crippen LogP contribution in [0.3, 0.4) is 0 Å². The third kappa shape index (κ3) is 4.85. The molecule has 2 aromatic carbocycles. The topological polar surface area (TPSA) is 51.8 Å². The van der Waals surface area contributed by atoms with Gasteiger partial charge in [0.1, 0.15) is 12.0 Å². The van der Waals surface area contributed by atoms with Crippen molar-refractivity contribution in [1.29, 1.82) is 0 Å². The Kier molecular flexibility index (Phi) is 6.66. The Morgan fingerprint density at radius 1 is 1.12 bits per heavy atom. The number of fused-ring (bicyclic) bond motifs is 1. The number of nitrogens with one attached hydrogen (secondary N) is 2. The van der Waals surface area contributed by atoms with E-state index in [0.29, 0.717) is 6.04 Å². The lowest BCUT2D eigenvalue weighted by Crippen LogP contribution is -2.21. The molecule has 5 nitrogen and oxygen atoms in total. The summed E-state index contributed by atoms with van der Waals surface area (Å²) in [6, 6.07) is 15.3. The van der Waals surface area contributed by atoms with Crippen LogP contribution in [-0.4, -0.2) is 20.8 Å². The zero-order valence-corrected chi connectivity index (χ0v) is 15.3. The maximum atomic E-state index is 5.20. The lowest BCUT2D eigenvalue weighted by Gasteiger charge is -2.14. The quantitative estimate of drug-likeness (QED) is 0.410. The zero-order chi connectivity index (χ0) is 18.2. The van der Waals surface area contributed by atoms with E-state index in [2.05, 4.69) is 46.1 Å². The summed E-state index contributed by atoms with van der Waals surface area (Å²) in [5.41, 5.74) is 7.58. The molecule has 1 atom stereocenters. The first-order chi connectivity index (χ1) is 12.8. The molecule has 0 saturated heterocycles. The van der Waals surface area contributed by atoms with Gasteiger partial charge in [-0.3, -0.25) is 4.84 Å². The largest absolute Gasteiger partial charge is 0.497 e. The number of hydrogen-bond acceptors (Lipinski definition) is 5. The molecule has 1 unspecified atom stereocenters. The lowest BCUT2D eigenvalue weighted by atomic mass is 10.0. The van der Waals surface area contributed by atoms with Crippen molar-refractivity contribution in [1.82, 2.24) is 11.0 Å². The molecule has 0 spiro atoms. The minimum absolute atomic E-state index is 0.438. The van der Waals surface area contributed by atoms with Gasteiger partial charge in [0.2, 0.25) is 0 Å². The molecular formula is C21H26N2O3. The molecule has 138 valence electrons. The van der Waals surface area contributed by atoms with Crippen molar-refractivity contribution >= 4 is 6.08 Å². The predicted octanol–water partition coefficient (Wildman–Crippen LogP) is 3.57. The average molecular weight is 354 g/mol. The first-order valence-electron chi connectivity index (χ1n) is 8.89. The molecule has 3 rings (SSSR count). The molecule has 0 saturated carbocycles. The summed E-state index contributed by atoms with van der Waals surface area (Å²) >= 11 is 0. The minimum atomic E-state index is 0.438. The molecule has 1 aliphatic rings. The molecule has 0 heterocycles. The number of rotatable bonds is 9. The molecule has 0 radical (unpaired) electrons. The molecular weight excluding hydrogens is 328 g/mol. The molecule has 5 heteroatoms. The van der Waals surface area contributed by atoms with Crippen LogP contribution in [0.2, 0.25) is 0 Å². The minimum Gasteiger partial charge on any atom is -0.497 e. The monoisotopic (exact) mass is 354 g/mol. The van der Waals surface area contributed by atoms with Crippen LogP contribution in [0.1, 0.15) is 34.7 Å². The normalized spacial score (nSPS) is 16.0. The Balaban J connectivity index is 1.51. The molecule has 0 fully saturated rings. The van der Waals surface area contributed by atoms with Crippen LogP contribution in [-0.2, 0) is 22.5 Å². The van der Waals surface area contributed by atoms with Crippen LogP contribution in [0.4, 0.5) is 0 Å². The summed E-state index contributed by atoms with van der Waals surface area (Å²) in [6.45, 7) is 0.967. The van der Waals surface area contributed by atoms with E-state index in [0.717, 1.165) is 37.1 Å². The second kappa shape index (κ2) is 9.38. The van der Waals surface area contributed by atoms with E-state index in [1.54, 1.807) is 13.4 Å². The molecule has 2 aromatic rings. The van der Waals surface area contributed by atoms with Crippen molar-refractivity contribution in [3.8, 4) is 5.75 Å². The van der Waals surface area contributed by atoms with Crippen LogP contribution < -0.4 is 15.7 Å². The maximum Gasteiger partial charge on any atom is 0.118 e. The molecule has 1 aliphatic carbocycles. The molecule has 0 aromatic heterocycles. The van der Waals surface area contributed by atoms with E-state index >= 15 is 0 Å². The van der Waals surface area contributed by atoms with Gasteiger partial charge in [0.15, 0.2) is 0 Å². The number of hydrogen-bond donors (Lipinski definition) is 2. The Hall–Kier alpha value is -2.34. The Morgan fingerprint density at radius 2 is 1.96 bits per heavy atom. The van der Waals surface area contributed by atoms with Crippen LogP contribution >= 0.6 is 0 Å². The summed E-state index contributed by atoms with van der Waals surface area (Å²) < 4.78 is 5.20. The fraction of sp³-hybridized carbons (Fsp3) is 0.333. The Bertz CT molecular complexity index is 729. The number of methoxy groups -OCH3 is 1. The van der Waals surface area contributed by atoms with E-state index in [1.165, 1.54) is 23.8 Å². The highest BCUT2D eigenvalue weighted by atomic mass is 16.9. The molecule has 0 bridgehead atoms. The van der Waals surface area contributed by atoms with Gasteiger partial charge in [-0.1, -0.05) is 30.3 Å². The third-order valence-electron chi connectivity index (χ3n) is 4.67. The summed E-state index contributed by atoms with van der Waals surface area (Å²) in [5, 5.41) is 3.69. The Labute approximate surface area is 154 Å². The van der Waals surface area contributed by atoms with Gasteiger partial charge in [0.05, 0.1) is 14.2 Å². The second-order valence-electron chi connectivity index (χ2n) is 6.31. The summed E-state index contributed by atoms with van der Waals surface area (Å²) in [7, 11) is 3.20. The highest BCUT2D eigenvalue weighted by molar-refractivity contribution is 5.52. The van der Waals surface area contributed by atoms with E-state index in [4.69, 9.17) is 9.57 Å². The smallest absolute Gasteiger partial charge is 0.118 e. The molecule has 26 heavy (non-hydrogen) atoms. The van der Waals surface area contributed by atoms with E-state index in [1.807, 2.05) is 18.2 Å². The first-order valence-corrected chi connectivity index (χ1v) is 8.89. The highest BCUT2D eigenvalue weighted by Gasteiger charge is 2.21. The zero-order valence-electron chi connectivity index (χ0n) is 15.3. The first kappa shape index (κ1) is 18.5. The Morgan fingerprint density at radius 3 is 2.73 bits per heavy atom. The van der Waals surface area contributed by atoms with Crippen LogP contribution in [0, 0.1) is 0 Å². The van der Waals surface area contributed by atoms with Crippen molar-refractivity contribution < 1.29 is 14.4 Å². The summed E-state index contributed by atoms with van der Waals surface area (Å²) in [6.07, 6.45) is 6.75. The lowest BCUT2D eigenvalue weighted by molar-refractivity contribution is -0.109. The average Bonchev–Trinajstić information content (AvgIpc) is 3.08. The number of benzene rings is 2. The van der Waals surface area contributed by atoms with Crippen molar-refractivity contribution in [3.05, 3.63) is 71.0 Å². The van der Waals surface area contributed by atoms with Crippen molar-refractivity contribution in [2.75, 3.05) is 20.8 Å². The van der Waals surface area contributed by atoms with Crippen molar-refractivity contribution in [2.24, 2.45) is 0 Å². The predicted molar refractivity (Wildman–Crippen MR) is 102 cm³/mol. The van der Waals surface area contributed by atoms with Gasteiger partial charge in [-0.15, -0.1) is 0 Å². The van der Waals surface area contributed by atoms with Gasteiger partial charge in [0, 0.05) is 6.04 Å². The van der Waals surface area contributed by atoms with Crippen molar-refractivity contribution in [3.63, 3.8) is 0 Å². The van der Waals surface area contributed by atoms with Gasteiger partial charge >= 0.3 is 0 Å². The van der Waals surface area contributed by atoms with E-state index in [9.17, 15) is 0 Å². The molecule has 0 amide bonds. The number of ether oxygens (including phenoxy) is 1. The van der Waals surface area contributed by atoms with Gasteiger partial charge in [-0.2, -0.15) is 0 Å². The van der Waals surface area contributed by atoms with Crippen LogP contribution in [0.15, 0.2) is 48.7 Å². The highest BCUT2D eigenvalue weighted by Crippen LogP contribution is 2.32. The fourth-order valence-corrected chi connectivity index (χ4v) is 3.32. The third-order valence-corrected chi connectivity index (χ3v) is 4.67. The standard InChI is InChI=1S/C21H26N2O3/c1-24-19-7-3-16(4-8-19)11-13-22-21-10-6-18-15-17(5-9-20(18)21)12-14-26-23-25-2/h3-5,7-9,12,14-15,21-23H,6,10-11,13H2,1-2H3/b14-12-. The van der Waals surface area contributed by atoms with Crippen molar-refractivity contribution in [2.45, 2.75) is 25.3 Å². The van der Waals surface area contributed by atoms with Gasteiger partial charge in [0.25, 0.3) is 0 Å². The summed E-state index contributed by atoms with van der Waals surface area (Å²) in [5.74, 6) is 0.902. The maximum absolute atomic E-state index is 5.20. The van der Waals surface area contributed by atoms with E-state index in [-0.39, 0.29) is 0 Å². The number of aryl methyl sites for hydroxylation is 1. The SMILES string of the molecule is CONO/C=C\c1ccc2c(c1)CCC2NCCc1ccc(OC)cc1. The summed E-state index contributed by atoms with van der Waals surface area (Å²) in [4.78, 5) is 9.57. The van der Waals surface area contributed by atoms with Gasteiger partial charge in [-0.25, -0.2) is 0 Å². The van der Waals surface area contributed by atoms with Crippen LogP contribution in [0.5, 0.6) is 5.75 Å². The second-order valence-corrected chi connectivity index (χ2v) is 6.31.